The van der Waals surface area contributed by atoms with Crippen LogP contribution in [0.25, 0.3) is 0 Å². The van der Waals surface area contributed by atoms with Gasteiger partial charge in [-0.2, -0.15) is 5.06 Å². The first-order valence-corrected chi connectivity index (χ1v) is 5.70. The SMILES string of the molecule is CC(C)CN1CCc2ccccc2CO1. The van der Waals surface area contributed by atoms with E-state index in [1.807, 2.05) is 0 Å². The third-order valence-electron chi connectivity index (χ3n) is 2.72. The minimum absolute atomic E-state index is 0.659. The van der Waals surface area contributed by atoms with Crippen LogP contribution in [0.4, 0.5) is 0 Å². The molecule has 0 aliphatic carbocycles. The van der Waals surface area contributed by atoms with Crippen molar-refractivity contribution in [1.29, 1.82) is 0 Å². The van der Waals surface area contributed by atoms with Crippen LogP contribution in [0.3, 0.4) is 0 Å². The Balaban J connectivity index is 2.02. The first kappa shape index (κ1) is 10.7. The molecule has 0 N–H and O–H groups in total. The van der Waals surface area contributed by atoms with Gasteiger partial charge in [0.15, 0.2) is 0 Å². The van der Waals surface area contributed by atoms with Gasteiger partial charge in [-0.05, 0) is 23.5 Å². The fourth-order valence-electron chi connectivity index (χ4n) is 1.96. The molecule has 0 unspecified atom stereocenters. The topological polar surface area (TPSA) is 12.5 Å². The van der Waals surface area contributed by atoms with Gasteiger partial charge in [0.05, 0.1) is 6.61 Å². The summed E-state index contributed by atoms with van der Waals surface area (Å²) >= 11 is 0. The number of nitrogens with zero attached hydrogens (tertiary/aromatic N) is 1. The maximum absolute atomic E-state index is 5.77. The molecule has 15 heavy (non-hydrogen) atoms. The zero-order valence-electron chi connectivity index (χ0n) is 9.57. The van der Waals surface area contributed by atoms with Crippen molar-refractivity contribution in [3.63, 3.8) is 0 Å². The Morgan fingerprint density at radius 3 is 2.73 bits per heavy atom. The molecule has 0 spiro atoms. The predicted molar refractivity (Wildman–Crippen MR) is 61.3 cm³/mol. The molecular formula is C13H19NO. The summed E-state index contributed by atoms with van der Waals surface area (Å²) in [5.41, 5.74) is 2.77. The van der Waals surface area contributed by atoms with Crippen LogP contribution < -0.4 is 0 Å². The number of hydrogen-bond donors (Lipinski definition) is 0. The Bertz CT molecular complexity index is 295. The maximum atomic E-state index is 5.77. The van der Waals surface area contributed by atoms with E-state index in [-0.39, 0.29) is 0 Å². The minimum atomic E-state index is 0.659. The summed E-state index contributed by atoms with van der Waals surface area (Å²) in [7, 11) is 0. The van der Waals surface area contributed by atoms with Gasteiger partial charge in [0.1, 0.15) is 0 Å². The van der Waals surface area contributed by atoms with E-state index in [4.69, 9.17) is 4.84 Å². The summed E-state index contributed by atoms with van der Waals surface area (Å²) in [6.07, 6.45) is 1.10. The number of benzene rings is 1. The second-order valence-corrected chi connectivity index (χ2v) is 4.57. The highest BCUT2D eigenvalue weighted by molar-refractivity contribution is 5.27. The molecule has 2 nitrogen and oxygen atoms in total. The van der Waals surface area contributed by atoms with Crippen molar-refractivity contribution in [2.45, 2.75) is 26.9 Å². The van der Waals surface area contributed by atoms with Gasteiger partial charge in [-0.1, -0.05) is 38.1 Å². The lowest BCUT2D eigenvalue weighted by molar-refractivity contribution is -0.170. The lowest BCUT2D eigenvalue weighted by Crippen LogP contribution is -2.28. The van der Waals surface area contributed by atoms with E-state index in [0.717, 1.165) is 26.1 Å². The van der Waals surface area contributed by atoms with Gasteiger partial charge in [-0.15, -0.1) is 0 Å². The number of hydrogen-bond acceptors (Lipinski definition) is 2. The second-order valence-electron chi connectivity index (χ2n) is 4.57. The van der Waals surface area contributed by atoms with Crippen molar-refractivity contribution in [3.05, 3.63) is 35.4 Å². The quantitative estimate of drug-likeness (QED) is 0.736. The Kier molecular flexibility index (Phi) is 3.39. The molecule has 0 bridgehead atoms. The summed E-state index contributed by atoms with van der Waals surface area (Å²) in [4.78, 5) is 5.77. The lowest BCUT2D eigenvalue weighted by atomic mass is 10.1. The molecule has 82 valence electrons. The maximum Gasteiger partial charge on any atom is 0.0938 e. The van der Waals surface area contributed by atoms with Crippen molar-refractivity contribution < 1.29 is 4.84 Å². The highest BCUT2D eigenvalue weighted by Crippen LogP contribution is 2.16. The van der Waals surface area contributed by atoms with Crippen molar-refractivity contribution in [2.75, 3.05) is 13.1 Å². The smallest absolute Gasteiger partial charge is 0.0938 e. The second kappa shape index (κ2) is 4.77. The van der Waals surface area contributed by atoms with Gasteiger partial charge in [-0.25, -0.2) is 0 Å². The fourth-order valence-corrected chi connectivity index (χ4v) is 1.96. The minimum Gasteiger partial charge on any atom is -0.294 e. The first-order chi connectivity index (χ1) is 7.25. The van der Waals surface area contributed by atoms with Crippen LogP contribution in [0.15, 0.2) is 24.3 Å². The third kappa shape index (κ3) is 2.80. The van der Waals surface area contributed by atoms with E-state index in [2.05, 4.69) is 43.2 Å². The zero-order valence-corrected chi connectivity index (χ0v) is 9.57. The molecule has 1 aromatic carbocycles. The molecule has 0 saturated carbocycles. The van der Waals surface area contributed by atoms with Crippen molar-refractivity contribution in [2.24, 2.45) is 5.92 Å². The van der Waals surface area contributed by atoms with Gasteiger partial charge in [-0.3, -0.25) is 4.84 Å². The standard InChI is InChI=1S/C13H19NO/c1-11(2)9-14-8-7-12-5-3-4-6-13(12)10-15-14/h3-6,11H,7-10H2,1-2H3. The molecule has 0 atom stereocenters. The van der Waals surface area contributed by atoms with Crippen LogP contribution in [0.5, 0.6) is 0 Å². The lowest BCUT2D eigenvalue weighted by Gasteiger charge is -2.20. The number of fused-ring (bicyclic) bond motifs is 1. The highest BCUT2D eigenvalue weighted by Gasteiger charge is 2.14. The molecular weight excluding hydrogens is 186 g/mol. The molecule has 1 aromatic rings. The molecule has 0 fully saturated rings. The van der Waals surface area contributed by atoms with Crippen molar-refractivity contribution in [3.8, 4) is 0 Å². The van der Waals surface area contributed by atoms with Gasteiger partial charge in [0, 0.05) is 13.1 Å². The average Bonchev–Trinajstić information content (AvgIpc) is 2.41. The molecule has 0 saturated heterocycles. The Hall–Kier alpha value is -0.860. The average molecular weight is 205 g/mol. The summed E-state index contributed by atoms with van der Waals surface area (Å²) in [5, 5.41) is 2.10. The predicted octanol–water partition coefficient (Wildman–Crippen LogP) is 2.63. The van der Waals surface area contributed by atoms with Crippen LogP contribution in [0.2, 0.25) is 0 Å². The van der Waals surface area contributed by atoms with Crippen LogP contribution in [0.1, 0.15) is 25.0 Å². The fraction of sp³-hybridized carbons (Fsp3) is 0.538. The molecule has 1 heterocycles. The van der Waals surface area contributed by atoms with E-state index in [9.17, 15) is 0 Å². The highest BCUT2D eigenvalue weighted by atomic mass is 16.7. The Morgan fingerprint density at radius 1 is 1.27 bits per heavy atom. The molecule has 1 aliphatic heterocycles. The van der Waals surface area contributed by atoms with E-state index in [1.165, 1.54) is 11.1 Å². The molecule has 0 aromatic heterocycles. The van der Waals surface area contributed by atoms with E-state index >= 15 is 0 Å². The van der Waals surface area contributed by atoms with Crippen LogP contribution in [-0.4, -0.2) is 18.2 Å². The van der Waals surface area contributed by atoms with Gasteiger partial charge in [0.2, 0.25) is 0 Å². The van der Waals surface area contributed by atoms with E-state index in [0.29, 0.717) is 5.92 Å². The molecule has 0 amide bonds. The number of hydroxylamine groups is 2. The normalized spacial score (nSPS) is 17.5. The third-order valence-corrected chi connectivity index (χ3v) is 2.72. The van der Waals surface area contributed by atoms with Crippen LogP contribution >= 0.6 is 0 Å². The largest absolute Gasteiger partial charge is 0.294 e. The molecule has 2 rings (SSSR count). The van der Waals surface area contributed by atoms with Crippen LogP contribution in [-0.2, 0) is 17.9 Å². The summed E-state index contributed by atoms with van der Waals surface area (Å²) < 4.78 is 0. The first-order valence-electron chi connectivity index (χ1n) is 5.70. The van der Waals surface area contributed by atoms with Gasteiger partial charge < -0.3 is 0 Å². The Labute approximate surface area is 91.8 Å². The van der Waals surface area contributed by atoms with Gasteiger partial charge >= 0.3 is 0 Å². The van der Waals surface area contributed by atoms with Crippen LogP contribution in [0, 0.1) is 5.92 Å². The van der Waals surface area contributed by atoms with Crippen molar-refractivity contribution in [1.82, 2.24) is 5.06 Å². The monoisotopic (exact) mass is 205 g/mol. The summed E-state index contributed by atoms with van der Waals surface area (Å²) in [6, 6.07) is 8.56. The molecule has 0 radical (unpaired) electrons. The van der Waals surface area contributed by atoms with Gasteiger partial charge in [0.25, 0.3) is 0 Å². The van der Waals surface area contributed by atoms with Crippen molar-refractivity contribution >= 4 is 0 Å². The summed E-state index contributed by atoms with van der Waals surface area (Å²) in [6.45, 7) is 7.20. The Morgan fingerprint density at radius 2 is 2.00 bits per heavy atom. The zero-order chi connectivity index (χ0) is 10.7. The summed E-state index contributed by atoms with van der Waals surface area (Å²) in [5.74, 6) is 0.659. The molecule has 2 heteroatoms. The molecule has 1 aliphatic rings. The van der Waals surface area contributed by atoms with E-state index in [1.54, 1.807) is 0 Å². The van der Waals surface area contributed by atoms with E-state index < -0.39 is 0 Å². The number of rotatable bonds is 2.